The van der Waals surface area contributed by atoms with Gasteiger partial charge in [0.05, 0.1) is 0 Å². The highest BCUT2D eigenvalue weighted by molar-refractivity contribution is 5.30. The first kappa shape index (κ1) is 9.66. The highest BCUT2D eigenvalue weighted by Crippen LogP contribution is 2.22. The summed E-state index contributed by atoms with van der Waals surface area (Å²) in [4.78, 5) is 0. The number of halogens is 1. The lowest BCUT2D eigenvalue weighted by Crippen LogP contribution is -2.29. The third-order valence-electron chi connectivity index (χ3n) is 3.21. The second-order valence-electron chi connectivity index (χ2n) is 4.23. The molecule has 0 aliphatic carbocycles. The molecule has 1 aliphatic heterocycles. The summed E-state index contributed by atoms with van der Waals surface area (Å²) in [5.41, 5.74) is 2.01. The summed E-state index contributed by atoms with van der Waals surface area (Å²) in [7, 11) is 0. The van der Waals surface area contributed by atoms with Crippen LogP contribution in [-0.4, -0.2) is 6.04 Å². The molecule has 1 aliphatic rings. The summed E-state index contributed by atoms with van der Waals surface area (Å²) in [6.07, 6.45) is 0.843. The lowest BCUT2D eigenvalue weighted by Gasteiger charge is -2.16. The van der Waals surface area contributed by atoms with Crippen molar-refractivity contribution in [2.24, 2.45) is 5.92 Å². The standard InChI is InChI=1S/C12H16FN/c1-8-6-11-10(7-14-9(8)2)4-3-5-12(11)13/h3-5,8-9,14H,6-7H2,1-2H3. The van der Waals surface area contributed by atoms with Crippen LogP contribution in [0.25, 0.3) is 0 Å². The molecule has 0 fully saturated rings. The molecule has 2 rings (SSSR count). The largest absolute Gasteiger partial charge is 0.310 e. The molecule has 2 atom stereocenters. The lowest BCUT2D eigenvalue weighted by atomic mass is 9.94. The van der Waals surface area contributed by atoms with E-state index < -0.39 is 0 Å². The summed E-state index contributed by atoms with van der Waals surface area (Å²) in [6.45, 7) is 5.12. The predicted molar refractivity (Wildman–Crippen MR) is 55.6 cm³/mol. The highest BCUT2D eigenvalue weighted by Gasteiger charge is 2.20. The molecule has 1 N–H and O–H groups in total. The number of hydrogen-bond donors (Lipinski definition) is 1. The minimum Gasteiger partial charge on any atom is -0.310 e. The number of hydrogen-bond acceptors (Lipinski definition) is 1. The monoisotopic (exact) mass is 193 g/mol. The maximum atomic E-state index is 13.5. The molecule has 0 saturated carbocycles. The van der Waals surface area contributed by atoms with Gasteiger partial charge in [0, 0.05) is 12.6 Å². The third-order valence-corrected chi connectivity index (χ3v) is 3.21. The SMILES string of the molecule is CC1Cc2c(F)cccc2CNC1C. The highest BCUT2D eigenvalue weighted by atomic mass is 19.1. The summed E-state index contributed by atoms with van der Waals surface area (Å²) >= 11 is 0. The van der Waals surface area contributed by atoms with Crippen molar-refractivity contribution in [2.75, 3.05) is 0 Å². The van der Waals surface area contributed by atoms with Crippen LogP contribution >= 0.6 is 0 Å². The minimum absolute atomic E-state index is 0.0507. The molecule has 76 valence electrons. The van der Waals surface area contributed by atoms with Gasteiger partial charge in [-0.15, -0.1) is 0 Å². The van der Waals surface area contributed by atoms with Crippen molar-refractivity contribution in [1.82, 2.24) is 5.32 Å². The topological polar surface area (TPSA) is 12.0 Å². The number of fused-ring (bicyclic) bond motifs is 1. The Hall–Kier alpha value is -0.890. The van der Waals surface area contributed by atoms with Crippen molar-refractivity contribution in [3.05, 3.63) is 35.1 Å². The minimum atomic E-state index is -0.0507. The van der Waals surface area contributed by atoms with Gasteiger partial charge in [-0.1, -0.05) is 19.1 Å². The zero-order valence-electron chi connectivity index (χ0n) is 8.68. The van der Waals surface area contributed by atoms with E-state index in [0.29, 0.717) is 12.0 Å². The van der Waals surface area contributed by atoms with E-state index in [1.807, 2.05) is 6.07 Å². The Labute approximate surface area is 84.3 Å². The molecule has 2 unspecified atom stereocenters. The third kappa shape index (κ3) is 1.67. The van der Waals surface area contributed by atoms with E-state index in [9.17, 15) is 4.39 Å². The molecule has 2 heteroatoms. The van der Waals surface area contributed by atoms with E-state index in [-0.39, 0.29) is 5.82 Å². The Balaban J connectivity index is 2.38. The zero-order chi connectivity index (χ0) is 10.1. The van der Waals surface area contributed by atoms with Crippen LogP contribution in [0.1, 0.15) is 25.0 Å². The van der Waals surface area contributed by atoms with Crippen LogP contribution in [0.2, 0.25) is 0 Å². The average molecular weight is 193 g/mol. The van der Waals surface area contributed by atoms with E-state index in [0.717, 1.165) is 24.1 Å². The van der Waals surface area contributed by atoms with Gasteiger partial charge in [0.1, 0.15) is 5.82 Å². The van der Waals surface area contributed by atoms with Gasteiger partial charge in [-0.2, -0.15) is 0 Å². The molecular weight excluding hydrogens is 177 g/mol. The average Bonchev–Trinajstić information content (AvgIpc) is 2.30. The van der Waals surface area contributed by atoms with Gasteiger partial charge in [-0.25, -0.2) is 4.39 Å². The van der Waals surface area contributed by atoms with Crippen LogP contribution in [0.4, 0.5) is 4.39 Å². The van der Waals surface area contributed by atoms with Crippen LogP contribution in [0.3, 0.4) is 0 Å². The Morgan fingerprint density at radius 2 is 2.14 bits per heavy atom. The fourth-order valence-electron chi connectivity index (χ4n) is 1.97. The predicted octanol–water partition coefficient (Wildman–Crippen LogP) is 2.50. The summed E-state index contributed by atoms with van der Waals surface area (Å²) in [5.74, 6) is 0.443. The van der Waals surface area contributed by atoms with E-state index in [1.165, 1.54) is 0 Å². The first-order valence-electron chi connectivity index (χ1n) is 5.18. The summed E-state index contributed by atoms with van der Waals surface area (Å²) in [6, 6.07) is 5.82. The Morgan fingerprint density at radius 3 is 2.93 bits per heavy atom. The van der Waals surface area contributed by atoms with Crippen LogP contribution in [-0.2, 0) is 13.0 Å². The molecule has 0 spiro atoms. The molecule has 0 saturated heterocycles. The quantitative estimate of drug-likeness (QED) is 0.667. The summed E-state index contributed by atoms with van der Waals surface area (Å²) < 4.78 is 13.5. The molecule has 0 aromatic heterocycles. The first-order valence-corrected chi connectivity index (χ1v) is 5.18. The molecule has 1 heterocycles. The second kappa shape index (κ2) is 3.70. The van der Waals surface area contributed by atoms with Gasteiger partial charge in [0.25, 0.3) is 0 Å². The van der Waals surface area contributed by atoms with Crippen molar-refractivity contribution in [1.29, 1.82) is 0 Å². The Bertz CT molecular complexity index is 335. The molecule has 1 aromatic rings. The van der Waals surface area contributed by atoms with Crippen LogP contribution in [0, 0.1) is 11.7 Å². The molecule has 14 heavy (non-hydrogen) atoms. The van der Waals surface area contributed by atoms with E-state index >= 15 is 0 Å². The number of nitrogens with one attached hydrogen (secondary N) is 1. The van der Waals surface area contributed by atoms with E-state index in [1.54, 1.807) is 12.1 Å². The van der Waals surface area contributed by atoms with Gasteiger partial charge >= 0.3 is 0 Å². The van der Waals surface area contributed by atoms with Crippen molar-refractivity contribution in [3.8, 4) is 0 Å². The molecule has 0 amide bonds. The maximum Gasteiger partial charge on any atom is 0.126 e. The second-order valence-corrected chi connectivity index (χ2v) is 4.23. The van der Waals surface area contributed by atoms with Crippen LogP contribution in [0.15, 0.2) is 18.2 Å². The van der Waals surface area contributed by atoms with E-state index in [2.05, 4.69) is 19.2 Å². The molecule has 1 nitrogen and oxygen atoms in total. The Morgan fingerprint density at radius 1 is 1.36 bits per heavy atom. The van der Waals surface area contributed by atoms with Gasteiger partial charge in [0.2, 0.25) is 0 Å². The zero-order valence-corrected chi connectivity index (χ0v) is 8.68. The summed E-state index contributed by atoms with van der Waals surface area (Å²) in [5, 5.41) is 3.41. The first-order chi connectivity index (χ1) is 6.68. The smallest absolute Gasteiger partial charge is 0.126 e. The van der Waals surface area contributed by atoms with Gasteiger partial charge in [-0.3, -0.25) is 0 Å². The van der Waals surface area contributed by atoms with Crippen molar-refractivity contribution >= 4 is 0 Å². The van der Waals surface area contributed by atoms with Gasteiger partial charge in [0.15, 0.2) is 0 Å². The fourth-order valence-corrected chi connectivity index (χ4v) is 1.97. The molecule has 0 radical (unpaired) electrons. The number of rotatable bonds is 0. The lowest BCUT2D eigenvalue weighted by molar-refractivity contribution is 0.410. The normalized spacial score (nSPS) is 26.8. The van der Waals surface area contributed by atoms with Crippen LogP contribution in [0.5, 0.6) is 0 Å². The fraction of sp³-hybridized carbons (Fsp3) is 0.500. The van der Waals surface area contributed by atoms with Gasteiger partial charge in [-0.05, 0) is 36.5 Å². The molecule has 0 bridgehead atoms. The number of benzene rings is 1. The van der Waals surface area contributed by atoms with Crippen LogP contribution < -0.4 is 5.32 Å². The molecule has 1 aromatic carbocycles. The molecular formula is C12H16FN. The van der Waals surface area contributed by atoms with E-state index in [4.69, 9.17) is 0 Å². The van der Waals surface area contributed by atoms with Gasteiger partial charge < -0.3 is 5.32 Å². The van der Waals surface area contributed by atoms with Crippen molar-refractivity contribution in [3.63, 3.8) is 0 Å². The van der Waals surface area contributed by atoms with Crippen molar-refractivity contribution < 1.29 is 4.39 Å². The Kier molecular flexibility index (Phi) is 2.55. The van der Waals surface area contributed by atoms with Crippen molar-refractivity contribution in [2.45, 2.75) is 32.9 Å². The maximum absolute atomic E-state index is 13.5.